The maximum absolute atomic E-state index is 12.3. The van der Waals surface area contributed by atoms with Crippen LogP contribution in [0.25, 0.3) is 0 Å². The number of hydrogen-bond acceptors (Lipinski definition) is 4. The fraction of sp³-hybridized carbons (Fsp3) is 0.533. The minimum atomic E-state index is -0.0472. The molecule has 0 atom stereocenters. The van der Waals surface area contributed by atoms with Crippen molar-refractivity contribution in [3.05, 3.63) is 22.8 Å². The van der Waals surface area contributed by atoms with Crippen molar-refractivity contribution in [2.24, 2.45) is 11.8 Å². The van der Waals surface area contributed by atoms with E-state index in [-0.39, 0.29) is 36.1 Å². The smallest absolute Gasteiger partial charge is 0.228 e. The van der Waals surface area contributed by atoms with E-state index >= 15 is 0 Å². The molecule has 2 fully saturated rings. The molecule has 0 radical (unpaired) electrons. The van der Waals surface area contributed by atoms with Gasteiger partial charge in [0.25, 0.3) is 0 Å². The number of nitrogens with one attached hydrogen (secondary N) is 2. The van der Waals surface area contributed by atoms with Gasteiger partial charge in [-0.15, -0.1) is 12.4 Å². The monoisotopic (exact) mass is 402 g/mol. The summed E-state index contributed by atoms with van der Waals surface area (Å²) in [5.74, 6) is 0.873. The largest absolute Gasteiger partial charge is 0.342 e. The lowest BCUT2D eigenvalue weighted by Gasteiger charge is -2.36. The van der Waals surface area contributed by atoms with Gasteiger partial charge in [0.15, 0.2) is 0 Å². The van der Waals surface area contributed by atoms with Gasteiger partial charge >= 0.3 is 0 Å². The van der Waals surface area contributed by atoms with E-state index in [0.29, 0.717) is 31.7 Å². The number of carbonyl (C=O) groups excluding carboxylic acids is 2. The Kier molecular flexibility index (Phi) is 6.38. The van der Waals surface area contributed by atoms with Crippen LogP contribution in [-0.4, -0.2) is 47.9 Å². The predicted molar refractivity (Wildman–Crippen MR) is 93.5 cm³/mol. The lowest BCUT2D eigenvalue weighted by atomic mass is 9.93. The van der Waals surface area contributed by atoms with Crippen molar-refractivity contribution in [1.29, 1.82) is 0 Å². The minimum Gasteiger partial charge on any atom is -0.342 e. The highest BCUT2D eigenvalue weighted by atomic mass is 79.9. The zero-order valence-electron chi connectivity index (χ0n) is 12.6. The molecule has 0 aliphatic carbocycles. The number of likely N-dealkylation sites (tertiary alicyclic amines) is 1. The highest BCUT2D eigenvalue weighted by Crippen LogP contribution is 2.21. The summed E-state index contributed by atoms with van der Waals surface area (Å²) in [5.41, 5.74) is 0. The minimum absolute atomic E-state index is 0. The molecule has 3 rings (SSSR count). The molecule has 0 bridgehead atoms. The molecular formula is C15H20BrClN4O2. The molecule has 23 heavy (non-hydrogen) atoms. The summed E-state index contributed by atoms with van der Waals surface area (Å²) in [5, 5.41) is 5.96. The lowest BCUT2D eigenvalue weighted by molar-refractivity contribution is -0.139. The molecule has 0 saturated carbocycles. The van der Waals surface area contributed by atoms with Crippen molar-refractivity contribution in [3.63, 3.8) is 0 Å². The summed E-state index contributed by atoms with van der Waals surface area (Å²) in [6, 6.07) is 3.61. The number of pyridine rings is 1. The van der Waals surface area contributed by atoms with Crippen molar-refractivity contribution in [1.82, 2.24) is 15.2 Å². The van der Waals surface area contributed by atoms with Gasteiger partial charge in [0, 0.05) is 42.8 Å². The molecule has 3 heterocycles. The van der Waals surface area contributed by atoms with E-state index in [1.54, 1.807) is 12.3 Å². The van der Waals surface area contributed by atoms with Gasteiger partial charge in [-0.1, -0.05) is 0 Å². The van der Waals surface area contributed by atoms with E-state index < -0.39 is 0 Å². The summed E-state index contributed by atoms with van der Waals surface area (Å²) < 4.78 is 0.878. The molecule has 0 unspecified atom stereocenters. The Morgan fingerprint density at radius 1 is 1.22 bits per heavy atom. The molecule has 2 amide bonds. The van der Waals surface area contributed by atoms with Crippen molar-refractivity contribution in [2.45, 2.75) is 12.8 Å². The summed E-state index contributed by atoms with van der Waals surface area (Å²) in [6.45, 7) is 2.91. The number of rotatable bonds is 3. The van der Waals surface area contributed by atoms with Crippen LogP contribution in [0.5, 0.6) is 0 Å². The molecule has 2 aliphatic heterocycles. The molecule has 2 saturated heterocycles. The first-order chi connectivity index (χ1) is 10.6. The number of hydrogen-bond donors (Lipinski definition) is 2. The second-order valence-corrected chi connectivity index (χ2v) is 6.72. The van der Waals surface area contributed by atoms with Crippen LogP contribution < -0.4 is 10.6 Å². The van der Waals surface area contributed by atoms with E-state index in [2.05, 4.69) is 31.5 Å². The number of amides is 2. The van der Waals surface area contributed by atoms with Crippen molar-refractivity contribution in [3.8, 4) is 0 Å². The Labute approximate surface area is 149 Å². The van der Waals surface area contributed by atoms with Crippen LogP contribution in [0.3, 0.4) is 0 Å². The third-order valence-corrected chi connectivity index (χ3v) is 4.76. The molecule has 126 valence electrons. The zero-order chi connectivity index (χ0) is 15.5. The Balaban J connectivity index is 0.00000192. The molecule has 1 aromatic rings. The van der Waals surface area contributed by atoms with Gasteiger partial charge in [0.2, 0.25) is 11.8 Å². The molecule has 2 N–H and O–H groups in total. The van der Waals surface area contributed by atoms with E-state index in [4.69, 9.17) is 0 Å². The zero-order valence-corrected chi connectivity index (χ0v) is 15.0. The predicted octanol–water partition coefficient (Wildman–Crippen LogP) is 1.66. The van der Waals surface area contributed by atoms with Gasteiger partial charge in [-0.05, 0) is 40.9 Å². The maximum atomic E-state index is 12.3. The summed E-state index contributed by atoms with van der Waals surface area (Å²) in [6.07, 6.45) is 3.09. The van der Waals surface area contributed by atoms with Crippen molar-refractivity contribution < 1.29 is 9.59 Å². The fourth-order valence-electron chi connectivity index (χ4n) is 2.76. The van der Waals surface area contributed by atoms with Crippen LogP contribution in [-0.2, 0) is 9.59 Å². The van der Waals surface area contributed by atoms with Crippen LogP contribution in [0.2, 0.25) is 0 Å². The van der Waals surface area contributed by atoms with Gasteiger partial charge in [-0.25, -0.2) is 4.98 Å². The van der Waals surface area contributed by atoms with E-state index in [0.717, 1.165) is 17.6 Å². The van der Waals surface area contributed by atoms with Gasteiger partial charge < -0.3 is 15.5 Å². The standard InChI is InChI=1S/C15H19BrN4O2.ClH/c16-12-1-2-13(18-9-12)19-14(21)10-3-5-20(6-4-10)15(22)11-7-17-8-11;/h1-2,9-11,17H,3-8H2,(H,18,19,21);1H. The quantitative estimate of drug-likeness (QED) is 0.805. The number of piperidine rings is 1. The number of aromatic nitrogens is 1. The molecule has 1 aromatic heterocycles. The molecule has 0 aromatic carbocycles. The average molecular weight is 404 g/mol. The third-order valence-electron chi connectivity index (χ3n) is 4.29. The normalized spacial score (nSPS) is 18.7. The molecule has 0 spiro atoms. The Morgan fingerprint density at radius 3 is 2.43 bits per heavy atom. The van der Waals surface area contributed by atoms with Crippen molar-refractivity contribution >= 4 is 46.0 Å². The second kappa shape index (κ2) is 8.08. The third kappa shape index (κ3) is 4.43. The van der Waals surface area contributed by atoms with E-state index in [9.17, 15) is 9.59 Å². The Morgan fingerprint density at radius 2 is 1.91 bits per heavy atom. The Hall–Kier alpha value is -1.18. The first kappa shape index (κ1) is 18.2. The maximum Gasteiger partial charge on any atom is 0.228 e. The van der Waals surface area contributed by atoms with Gasteiger partial charge in [0.05, 0.1) is 5.92 Å². The summed E-state index contributed by atoms with van der Waals surface area (Å²) in [7, 11) is 0. The van der Waals surface area contributed by atoms with Crippen LogP contribution in [0.4, 0.5) is 5.82 Å². The van der Waals surface area contributed by atoms with E-state index in [1.807, 2.05) is 11.0 Å². The highest BCUT2D eigenvalue weighted by molar-refractivity contribution is 9.10. The molecule has 8 heteroatoms. The first-order valence-corrected chi connectivity index (χ1v) is 8.34. The number of nitrogens with zero attached hydrogens (tertiary/aromatic N) is 2. The van der Waals surface area contributed by atoms with Gasteiger partial charge in [-0.2, -0.15) is 0 Å². The van der Waals surface area contributed by atoms with Crippen LogP contribution in [0.1, 0.15) is 12.8 Å². The topological polar surface area (TPSA) is 74.3 Å². The molecular weight excluding hydrogens is 384 g/mol. The van der Waals surface area contributed by atoms with E-state index in [1.165, 1.54) is 0 Å². The Bertz CT molecular complexity index is 557. The molecule has 6 nitrogen and oxygen atoms in total. The second-order valence-electron chi connectivity index (χ2n) is 5.81. The van der Waals surface area contributed by atoms with Gasteiger partial charge in [-0.3, -0.25) is 9.59 Å². The highest BCUT2D eigenvalue weighted by Gasteiger charge is 2.33. The fourth-order valence-corrected chi connectivity index (χ4v) is 3.00. The lowest BCUT2D eigenvalue weighted by Crippen LogP contribution is -2.53. The molecule has 2 aliphatic rings. The van der Waals surface area contributed by atoms with Crippen LogP contribution in [0.15, 0.2) is 22.8 Å². The number of halogens is 2. The number of carbonyl (C=O) groups is 2. The average Bonchev–Trinajstić information content (AvgIpc) is 2.48. The first-order valence-electron chi connectivity index (χ1n) is 7.55. The summed E-state index contributed by atoms with van der Waals surface area (Å²) >= 11 is 3.31. The van der Waals surface area contributed by atoms with Gasteiger partial charge in [0.1, 0.15) is 5.82 Å². The summed E-state index contributed by atoms with van der Waals surface area (Å²) in [4.78, 5) is 30.4. The van der Waals surface area contributed by atoms with Crippen LogP contribution >= 0.6 is 28.3 Å². The number of anilines is 1. The van der Waals surface area contributed by atoms with Crippen LogP contribution in [0, 0.1) is 11.8 Å². The van der Waals surface area contributed by atoms with Crippen molar-refractivity contribution in [2.75, 3.05) is 31.5 Å². The SMILES string of the molecule is Cl.O=C(Nc1ccc(Br)cn1)C1CCN(C(=O)C2CNC2)CC1.